The Morgan fingerprint density at radius 2 is 1.90 bits per heavy atom. The van der Waals surface area contributed by atoms with Crippen molar-refractivity contribution in [3.8, 4) is 5.75 Å². The van der Waals surface area contributed by atoms with Gasteiger partial charge in [0, 0.05) is 5.56 Å². The van der Waals surface area contributed by atoms with E-state index in [0.717, 1.165) is 19.3 Å². The van der Waals surface area contributed by atoms with Gasteiger partial charge in [0.1, 0.15) is 11.3 Å². The minimum atomic E-state index is -1.19. The normalized spacial score (nSPS) is 25.9. The summed E-state index contributed by atoms with van der Waals surface area (Å²) in [5.74, 6) is -1.42. The second-order valence-electron chi connectivity index (χ2n) is 5.42. The van der Waals surface area contributed by atoms with Gasteiger partial charge in [-0.05, 0) is 43.0 Å². The molecule has 5 heteroatoms. The molecule has 0 aliphatic heterocycles. The quantitative estimate of drug-likeness (QED) is 0.790. The zero-order valence-corrected chi connectivity index (χ0v) is 11.4. The van der Waals surface area contributed by atoms with Gasteiger partial charge in [-0.1, -0.05) is 19.8 Å². The van der Waals surface area contributed by atoms with Gasteiger partial charge >= 0.3 is 5.97 Å². The molecule has 3 N–H and O–H groups in total. The van der Waals surface area contributed by atoms with Crippen LogP contribution in [-0.4, -0.2) is 27.6 Å². The fraction of sp³-hybridized carbons (Fsp3) is 0.467. The molecule has 0 saturated heterocycles. The van der Waals surface area contributed by atoms with Crippen LogP contribution in [0.1, 0.15) is 43.0 Å². The molecule has 0 radical (unpaired) electrons. The molecule has 20 heavy (non-hydrogen) atoms. The smallest absolute Gasteiger partial charge is 0.329 e. The van der Waals surface area contributed by atoms with Crippen molar-refractivity contribution in [1.29, 1.82) is 0 Å². The number of aromatic hydroxyl groups is 1. The molecule has 1 amide bonds. The Morgan fingerprint density at radius 1 is 1.25 bits per heavy atom. The van der Waals surface area contributed by atoms with Gasteiger partial charge in [-0.25, -0.2) is 4.79 Å². The van der Waals surface area contributed by atoms with Gasteiger partial charge in [-0.2, -0.15) is 0 Å². The second-order valence-corrected chi connectivity index (χ2v) is 5.42. The average molecular weight is 277 g/mol. The lowest BCUT2D eigenvalue weighted by molar-refractivity contribution is -0.148. The highest BCUT2D eigenvalue weighted by molar-refractivity contribution is 5.98. The van der Waals surface area contributed by atoms with Crippen LogP contribution in [0.15, 0.2) is 24.3 Å². The molecular weight excluding hydrogens is 258 g/mol. The Morgan fingerprint density at radius 3 is 2.45 bits per heavy atom. The third kappa shape index (κ3) is 2.61. The first kappa shape index (κ1) is 14.4. The molecule has 1 aromatic carbocycles. The third-order valence-corrected chi connectivity index (χ3v) is 4.15. The van der Waals surface area contributed by atoms with Crippen molar-refractivity contribution in [2.45, 2.75) is 38.1 Å². The highest BCUT2D eigenvalue weighted by Gasteiger charge is 2.46. The van der Waals surface area contributed by atoms with Gasteiger partial charge in [-0.3, -0.25) is 4.79 Å². The summed E-state index contributed by atoms with van der Waals surface area (Å²) in [6.07, 6.45) is 3.03. The Labute approximate surface area is 117 Å². The van der Waals surface area contributed by atoms with E-state index < -0.39 is 17.4 Å². The van der Waals surface area contributed by atoms with Crippen molar-refractivity contribution in [3.63, 3.8) is 0 Å². The van der Waals surface area contributed by atoms with Gasteiger partial charge in [0.15, 0.2) is 0 Å². The molecule has 2 unspecified atom stereocenters. The Balaban J connectivity index is 2.22. The standard InChI is InChI=1S/C15H19NO4/c1-10-4-2-3-9-15(10,14(19)20)16-13(18)11-5-7-12(17)8-6-11/h5-8,10,17H,2-4,9H2,1H3,(H,16,18)(H,19,20). The van der Waals surface area contributed by atoms with Crippen molar-refractivity contribution in [2.75, 3.05) is 0 Å². The number of carboxylic acids is 1. The topological polar surface area (TPSA) is 86.6 Å². The fourth-order valence-electron chi connectivity index (χ4n) is 2.79. The van der Waals surface area contributed by atoms with Crippen LogP contribution in [0.25, 0.3) is 0 Å². The summed E-state index contributed by atoms with van der Waals surface area (Å²) >= 11 is 0. The lowest BCUT2D eigenvalue weighted by Crippen LogP contribution is -2.60. The molecule has 1 fully saturated rings. The lowest BCUT2D eigenvalue weighted by atomic mass is 9.73. The van der Waals surface area contributed by atoms with Crippen LogP contribution in [0.4, 0.5) is 0 Å². The van der Waals surface area contributed by atoms with E-state index >= 15 is 0 Å². The summed E-state index contributed by atoms with van der Waals surface area (Å²) in [5.41, 5.74) is -0.839. The molecule has 108 valence electrons. The molecule has 1 saturated carbocycles. The first-order valence-electron chi connectivity index (χ1n) is 6.80. The van der Waals surface area contributed by atoms with Crippen LogP contribution in [0.3, 0.4) is 0 Å². The largest absolute Gasteiger partial charge is 0.508 e. The number of rotatable bonds is 3. The summed E-state index contributed by atoms with van der Waals surface area (Å²) < 4.78 is 0. The fourth-order valence-corrected chi connectivity index (χ4v) is 2.79. The lowest BCUT2D eigenvalue weighted by Gasteiger charge is -2.39. The van der Waals surface area contributed by atoms with Gasteiger partial charge < -0.3 is 15.5 Å². The van der Waals surface area contributed by atoms with E-state index in [1.807, 2.05) is 6.92 Å². The van der Waals surface area contributed by atoms with Gasteiger partial charge in [0.25, 0.3) is 5.91 Å². The zero-order valence-electron chi connectivity index (χ0n) is 11.4. The number of carbonyl (C=O) groups is 2. The number of aliphatic carboxylic acids is 1. The first-order valence-corrected chi connectivity index (χ1v) is 6.80. The summed E-state index contributed by atoms with van der Waals surface area (Å²) in [6, 6.07) is 5.78. The van der Waals surface area contributed by atoms with Gasteiger partial charge in [0.05, 0.1) is 0 Å². The molecule has 0 bridgehead atoms. The zero-order chi connectivity index (χ0) is 14.8. The van der Waals surface area contributed by atoms with Crippen LogP contribution in [-0.2, 0) is 4.79 Å². The molecule has 0 aromatic heterocycles. The van der Waals surface area contributed by atoms with E-state index in [2.05, 4.69) is 5.32 Å². The molecule has 2 atom stereocenters. The molecule has 1 aliphatic rings. The second kappa shape index (κ2) is 5.53. The number of benzene rings is 1. The number of hydrogen-bond donors (Lipinski definition) is 3. The van der Waals surface area contributed by atoms with Gasteiger partial charge in [-0.15, -0.1) is 0 Å². The van der Waals surface area contributed by atoms with E-state index in [4.69, 9.17) is 0 Å². The number of nitrogens with one attached hydrogen (secondary N) is 1. The summed E-state index contributed by atoms with van der Waals surface area (Å²) in [5, 5.41) is 21.5. The number of phenolic OH excluding ortho intramolecular Hbond substituents is 1. The number of hydrogen-bond acceptors (Lipinski definition) is 3. The Bertz CT molecular complexity index is 511. The number of carboxylic acid groups (broad SMARTS) is 1. The van der Waals surface area contributed by atoms with E-state index in [-0.39, 0.29) is 11.7 Å². The van der Waals surface area contributed by atoms with Crippen LogP contribution < -0.4 is 5.32 Å². The SMILES string of the molecule is CC1CCCCC1(NC(=O)c1ccc(O)cc1)C(=O)O. The van der Waals surface area contributed by atoms with Crippen molar-refractivity contribution in [2.24, 2.45) is 5.92 Å². The monoisotopic (exact) mass is 277 g/mol. The van der Waals surface area contributed by atoms with Crippen molar-refractivity contribution >= 4 is 11.9 Å². The first-order chi connectivity index (χ1) is 9.45. The van der Waals surface area contributed by atoms with Crippen LogP contribution in [0, 0.1) is 5.92 Å². The maximum atomic E-state index is 12.2. The van der Waals surface area contributed by atoms with Crippen LogP contribution >= 0.6 is 0 Å². The Hall–Kier alpha value is -2.04. The molecule has 0 heterocycles. The maximum Gasteiger partial charge on any atom is 0.329 e. The van der Waals surface area contributed by atoms with Crippen molar-refractivity contribution in [3.05, 3.63) is 29.8 Å². The Kier molecular flexibility index (Phi) is 3.97. The highest BCUT2D eigenvalue weighted by atomic mass is 16.4. The van der Waals surface area contributed by atoms with Crippen LogP contribution in [0.5, 0.6) is 5.75 Å². The molecule has 1 aliphatic carbocycles. The summed E-state index contributed by atoms with van der Waals surface area (Å²) in [4.78, 5) is 23.9. The predicted molar refractivity (Wildman–Crippen MR) is 73.6 cm³/mol. The minimum absolute atomic E-state index is 0.0699. The van der Waals surface area contributed by atoms with E-state index in [0.29, 0.717) is 12.0 Å². The molecule has 0 spiro atoms. The number of carbonyl (C=O) groups excluding carboxylic acids is 1. The molecular formula is C15H19NO4. The van der Waals surface area contributed by atoms with Crippen molar-refractivity contribution in [1.82, 2.24) is 5.32 Å². The summed E-state index contributed by atoms with van der Waals surface area (Å²) in [7, 11) is 0. The van der Waals surface area contributed by atoms with E-state index in [1.54, 1.807) is 0 Å². The van der Waals surface area contributed by atoms with E-state index in [1.165, 1.54) is 24.3 Å². The highest BCUT2D eigenvalue weighted by Crippen LogP contribution is 2.34. The third-order valence-electron chi connectivity index (χ3n) is 4.15. The van der Waals surface area contributed by atoms with Crippen LogP contribution in [0.2, 0.25) is 0 Å². The minimum Gasteiger partial charge on any atom is -0.508 e. The van der Waals surface area contributed by atoms with E-state index in [9.17, 15) is 19.8 Å². The molecule has 1 aromatic rings. The number of amides is 1. The van der Waals surface area contributed by atoms with Gasteiger partial charge in [0.2, 0.25) is 0 Å². The van der Waals surface area contributed by atoms with Crippen molar-refractivity contribution < 1.29 is 19.8 Å². The average Bonchev–Trinajstić information content (AvgIpc) is 2.42. The molecule has 5 nitrogen and oxygen atoms in total. The maximum absolute atomic E-state index is 12.2. The predicted octanol–water partition coefficient (Wildman–Crippen LogP) is 2.16. The molecule has 2 rings (SSSR count). The summed E-state index contributed by atoms with van der Waals surface area (Å²) in [6.45, 7) is 1.87. The number of phenols is 1.